The number of hydrogen-bond acceptors (Lipinski definition) is 2. The standard InChI is InChI=1S/C14H20BrFN2/c1-10(13-4-3-12(16)7-14(13)15)17-8-11-5-6-18(2)9-11/h3-4,7,10-11,17H,5-6,8-9H2,1-2H3. The second kappa shape index (κ2) is 6.13. The van der Waals surface area contributed by atoms with Crippen molar-refractivity contribution in [3.8, 4) is 0 Å². The minimum absolute atomic E-state index is 0.199. The first-order valence-electron chi connectivity index (χ1n) is 6.43. The molecule has 0 radical (unpaired) electrons. The molecule has 0 spiro atoms. The Morgan fingerprint density at radius 2 is 2.33 bits per heavy atom. The molecular formula is C14H20BrFN2. The molecule has 1 N–H and O–H groups in total. The fourth-order valence-corrected chi connectivity index (χ4v) is 3.19. The molecule has 2 atom stereocenters. The third-order valence-corrected chi connectivity index (χ3v) is 4.32. The van der Waals surface area contributed by atoms with Gasteiger partial charge in [0.1, 0.15) is 5.82 Å². The van der Waals surface area contributed by atoms with Gasteiger partial charge in [0.25, 0.3) is 0 Å². The predicted octanol–water partition coefficient (Wildman–Crippen LogP) is 3.19. The number of rotatable bonds is 4. The molecule has 1 aliphatic rings. The van der Waals surface area contributed by atoms with Crippen LogP contribution in [0.25, 0.3) is 0 Å². The summed E-state index contributed by atoms with van der Waals surface area (Å²) in [5, 5.41) is 3.54. The molecule has 1 fully saturated rings. The van der Waals surface area contributed by atoms with Crippen molar-refractivity contribution in [2.24, 2.45) is 5.92 Å². The molecule has 1 heterocycles. The monoisotopic (exact) mass is 314 g/mol. The fourth-order valence-electron chi connectivity index (χ4n) is 2.50. The number of hydrogen-bond donors (Lipinski definition) is 1. The molecular weight excluding hydrogens is 295 g/mol. The van der Waals surface area contributed by atoms with Gasteiger partial charge in [-0.25, -0.2) is 4.39 Å². The third kappa shape index (κ3) is 3.53. The summed E-state index contributed by atoms with van der Waals surface area (Å²) in [4.78, 5) is 2.37. The second-order valence-corrected chi connectivity index (χ2v) is 6.07. The van der Waals surface area contributed by atoms with Gasteiger partial charge < -0.3 is 10.2 Å². The highest BCUT2D eigenvalue weighted by Crippen LogP contribution is 2.24. The minimum atomic E-state index is -0.199. The second-order valence-electron chi connectivity index (χ2n) is 5.21. The normalized spacial score (nSPS) is 22.3. The van der Waals surface area contributed by atoms with Crippen LogP contribution in [0.5, 0.6) is 0 Å². The Morgan fingerprint density at radius 3 is 2.94 bits per heavy atom. The number of halogens is 2. The minimum Gasteiger partial charge on any atom is -0.310 e. The molecule has 100 valence electrons. The van der Waals surface area contributed by atoms with Crippen LogP contribution in [-0.2, 0) is 0 Å². The third-order valence-electron chi connectivity index (χ3n) is 3.63. The maximum absolute atomic E-state index is 13.0. The average Bonchev–Trinajstić information content (AvgIpc) is 2.72. The van der Waals surface area contributed by atoms with Gasteiger partial charge in [0.05, 0.1) is 0 Å². The van der Waals surface area contributed by atoms with Crippen LogP contribution >= 0.6 is 15.9 Å². The van der Waals surface area contributed by atoms with Crippen LogP contribution in [0.15, 0.2) is 22.7 Å². The van der Waals surface area contributed by atoms with Crippen molar-refractivity contribution in [3.05, 3.63) is 34.1 Å². The summed E-state index contributed by atoms with van der Waals surface area (Å²) in [7, 11) is 2.17. The highest BCUT2D eigenvalue weighted by atomic mass is 79.9. The van der Waals surface area contributed by atoms with Crippen LogP contribution in [-0.4, -0.2) is 31.6 Å². The first kappa shape index (κ1) is 14.0. The summed E-state index contributed by atoms with van der Waals surface area (Å²) < 4.78 is 13.9. The molecule has 1 saturated heterocycles. The Hall–Kier alpha value is -0.450. The number of nitrogens with one attached hydrogen (secondary N) is 1. The van der Waals surface area contributed by atoms with E-state index >= 15 is 0 Å². The van der Waals surface area contributed by atoms with E-state index in [9.17, 15) is 4.39 Å². The summed E-state index contributed by atoms with van der Waals surface area (Å²) in [6.07, 6.45) is 1.26. The van der Waals surface area contributed by atoms with E-state index in [1.807, 2.05) is 6.07 Å². The molecule has 2 unspecified atom stereocenters. The number of nitrogens with zero attached hydrogens (tertiary/aromatic N) is 1. The van der Waals surface area contributed by atoms with E-state index in [1.54, 1.807) is 0 Å². The Labute approximate surface area is 117 Å². The van der Waals surface area contributed by atoms with E-state index in [4.69, 9.17) is 0 Å². The lowest BCUT2D eigenvalue weighted by atomic mass is 10.1. The van der Waals surface area contributed by atoms with Crippen LogP contribution in [0.3, 0.4) is 0 Å². The quantitative estimate of drug-likeness (QED) is 0.918. The van der Waals surface area contributed by atoms with Crippen molar-refractivity contribution in [2.75, 3.05) is 26.7 Å². The molecule has 1 aromatic carbocycles. The molecule has 0 aromatic heterocycles. The zero-order valence-corrected chi connectivity index (χ0v) is 12.5. The maximum Gasteiger partial charge on any atom is 0.124 e. The Bertz CT molecular complexity index is 411. The molecule has 0 amide bonds. The summed E-state index contributed by atoms with van der Waals surface area (Å²) >= 11 is 3.42. The maximum atomic E-state index is 13.0. The Morgan fingerprint density at radius 1 is 1.56 bits per heavy atom. The summed E-state index contributed by atoms with van der Waals surface area (Å²) in [6, 6.07) is 5.13. The van der Waals surface area contributed by atoms with Gasteiger partial charge in [0, 0.05) is 17.1 Å². The highest BCUT2D eigenvalue weighted by molar-refractivity contribution is 9.10. The van der Waals surface area contributed by atoms with Gasteiger partial charge >= 0.3 is 0 Å². The SMILES string of the molecule is CC(NCC1CCN(C)C1)c1ccc(F)cc1Br. The highest BCUT2D eigenvalue weighted by Gasteiger charge is 2.20. The van der Waals surface area contributed by atoms with Crippen molar-refractivity contribution >= 4 is 15.9 Å². The molecule has 1 aliphatic heterocycles. The summed E-state index contributed by atoms with van der Waals surface area (Å²) in [5.41, 5.74) is 1.11. The molecule has 0 saturated carbocycles. The van der Waals surface area contributed by atoms with Crippen molar-refractivity contribution in [3.63, 3.8) is 0 Å². The molecule has 18 heavy (non-hydrogen) atoms. The van der Waals surface area contributed by atoms with Crippen LogP contribution in [0.2, 0.25) is 0 Å². The van der Waals surface area contributed by atoms with Gasteiger partial charge in [-0.05, 0) is 57.1 Å². The van der Waals surface area contributed by atoms with Crippen molar-refractivity contribution in [1.29, 1.82) is 0 Å². The molecule has 1 aromatic rings. The summed E-state index contributed by atoms with van der Waals surface area (Å²) in [5.74, 6) is 0.534. The van der Waals surface area contributed by atoms with Crippen molar-refractivity contribution in [1.82, 2.24) is 10.2 Å². The molecule has 0 aliphatic carbocycles. The molecule has 2 rings (SSSR count). The smallest absolute Gasteiger partial charge is 0.124 e. The van der Waals surface area contributed by atoms with E-state index in [0.717, 1.165) is 22.5 Å². The van der Waals surface area contributed by atoms with E-state index in [0.29, 0.717) is 0 Å². The lowest BCUT2D eigenvalue weighted by molar-refractivity contribution is 0.382. The van der Waals surface area contributed by atoms with E-state index in [1.165, 1.54) is 31.6 Å². The van der Waals surface area contributed by atoms with Crippen LogP contribution < -0.4 is 5.32 Å². The fraction of sp³-hybridized carbons (Fsp3) is 0.571. The van der Waals surface area contributed by atoms with Crippen LogP contribution in [0.1, 0.15) is 24.9 Å². The zero-order chi connectivity index (χ0) is 13.1. The van der Waals surface area contributed by atoms with Crippen LogP contribution in [0, 0.1) is 11.7 Å². The largest absolute Gasteiger partial charge is 0.310 e. The van der Waals surface area contributed by atoms with Crippen LogP contribution in [0.4, 0.5) is 4.39 Å². The number of likely N-dealkylation sites (tertiary alicyclic amines) is 1. The van der Waals surface area contributed by atoms with E-state index in [2.05, 4.69) is 40.1 Å². The van der Waals surface area contributed by atoms with Crippen molar-refractivity contribution < 1.29 is 4.39 Å². The van der Waals surface area contributed by atoms with Gasteiger partial charge in [-0.15, -0.1) is 0 Å². The van der Waals surface area contributed by atoms with E-state index in [-0.39, 0.29) is 11.9 Å². The first-order chi connectivity index (χ1) is 8.56. The molecule has 2 nitrogen and oxygen atoms in total. The molecule has 4 heteroatoms. The zero-order valence-electron chi connectivity index (χ0n) is 10.9. The summed E-state index contributed by atoms with van der Waals surface area (Å²) in [6.45, 7) is 5.51. The first-order valence-corrected chi connectivity index (χ1v) is 7.22. The van der Waals surface area contributed by atoms with Gasteiger partial charge in [0.15, 0.2) is 0 Å². The number of benzene rings is 1. The molecule has 0 bridgehead atoms. The van der Waals surface area contributed by atoms with Gasteiger partial charge in [-0.1, -0.05) is 22.0 Å². The lowest BCUT2D eigenvalue weighted by Crippen LogP contribution is -2.27. The topological polar surface area (TPSA) is 15.3 Å². The Balaban J connectivity index is 1.89. The van der Waals surface area contributed by atoms with Gasteiger partial charge in [-0.3, -0.25) is 0 Å². The average molecular weight is 315 g/mol. The Kier molecular flexibility index (Phi) is 4.76. The van der Waals surface area contributed by atoms with Gasteiger partial charge in [0.2, 0.25) is 0 Å². The van der Waals surface area contributed by atoms with Gasteiger partial charge in [-0.2, -0.15) is 0 Å². The van der Waals surface area contributed by atoms with E-state index < -0.39 is 0 Å². The predicted molar refractivity (Wildman–Crippen MR) is 76.1 cm³/mol. The lowest BCUT2D eigenvalue weighted by Gasteiger charge is -2.18. The van der Waals surface area contributed by atoms with Crippen molar-refractivity contribution in [2.45, 2.75) is 19.4 Å².